The van der Waals surface area contributed by atoms with Crippen LogP contribution in [-0.2, 0) is 18.2 Å². The van der Waals surface area contributed by atoms with Crippen molar-refractivity contribution in [2.75, 3.05) is 6.61 Å². The smallest absolute Gasteiger partial charge is 0.358 e. The van der Waals surface area contributed by atoms with Crippen molar-refractivity contribution in [2.24, 2.45) is 7.05 Å². The van der Waals surface area contributed by atoms with E-state index in [0.29, 0.717) is 9.88 Å². The minimum Gasteiger partial charge on any atom is -0.461 e. The number of carbonyl (C=O) groups excluding carboxylic acids is 2. The lowest BCUT2D eigenvalue weighted by Gasteiger charge is -1.98. The highest BCUT2D eigenvalue weighted by atomic mass is 32.1. The van der Waals surface area contributed by atoms with Gasteiger partial charge in [0.1, 0.15) is 9.88 Å². The zero-order chi connectivity index (χ0) is 15.6. The molecule has 2 aromatic heterocycles. The van der Waals surface area contributed by atoms with Crippen LogP contribution in [0.4, 0.5) is 0 Å². The number of Topliss-reactive ketones (excluding diaryl/α,β-unsaturated/α-hetero) is 1. The number of hydrogen-bond donors (Lipinski definition) is 0. The molecule has 2 rings (SSSR count). The number of aromatic nitrogens is 3. The molecule has 7 heteroatoms. The third-order valence-corrected chi connectivity index (χ3v) is 4.08. The zero-order valence-corrected chi connectivity index (χ0v) is 13.3. The first-order chi connectivity index (χ1) is 9.97. The van der Waals surface area contributed by atoms with E-state index in [1.54, 1.807) is 11.6 Å². The Balaban J connectivity index is 2.53. The number of rotatable bonds is 5. The molecule has 0 aliphatic carbocycles. The lowest BCUT2D eigenvalue weighted by atomic mass is 10.2. The van der Waals surface area contributed by atoms with Crippen molar-refractivity contribution in [3.05, 3.63) is 22.5 Å². The first kappa shape index (κ1) is 15.4. The predicted molar refractivity (Wildman–Crippen MR) is 79.7 cm³/mol. The molecule has 21 heavy (non-hydrogen) atoms. The molecule has 6 nitrogen and oxygen atoms in total. The van der Waals surface area contributed by atoms with Crippen LogP contribution in [0.5, 0.6) is 0 Å². The van der Waals surface area contributed by atoms with E-state index in [0.717, 1.165) is 17.7 Å². The monoisotopic (exact) mass is 307 g/mol. The van der Waals surface area contributed by atoms with Gasteiger partial charge in [-0.25, -0.2) is 9.78 Å². The number of carbonyl (C=O) groups is 2. The standard InChI is InChI=1S/C14H17N3O3S/c1-5-10-9(7-17(4)16-10)13-15-11(14(19)20-6-2)12(21-13)8(3)18/h7H,5-6H2,1-4H3. The molecular formula is C14H17N3O3S. The van der Waals surface area contributed by atoms with Crippen molar-refractivity contribution >= 4 is 23.1 Å². The molecule has 0 fully saturated rings. The second-order valence-electron chi connectivity index (χ2n) is 4.49. The summed E-state index contributed by atoms with van der Waals surface area (Å²) in [4.78, 5) is 28.3. The number of thiazole rings is 1. The van der Waals surface area contributed by atoms with E-state index in [-0.39, 0.29) is 18.1 Å². The van der Waals surface area contributed by atoms with Gasteiger partial charge in [0.2, 0.25) is 0 Å². The SMILES string of the molecule is CCOC(=O)c1nc(-c2cn(C)nc2CC)sc1C(C)=O. The number of ether oxygens (including phenoxy) is 1. The Hall–Kier alpha value is -2.02. The van der Waals surface area contributed by atoms with Gasteiger partial charge in [-0.2, -0.15) is 5.10 Å². The Morgan fingerprint density at radius 3 is 2.67 bits per heavy atom. The molecule has 0 unspecified atom stereocenters. The Morgan fingerprint density at radius 2 is 2.10 bits per heavy atom. The van der Waals surface area contributed by atoms with Gasteiger partial charge in [-0.05, 0) is 13.3 Å². The predicted octanol–water partition coefficient (Wildman–Crippen LogP) is 2.49. The molecule has 0 spiro atoms. The molecule has 0 aliphatic heterocycles. The summed E-state index contributed by atoms with van der Waals surface area (Å²) in [6.07, 6.45) is 2.59. The molecule has 0 saturated heterocycles. The molecule has 0 radical (unpaired) electrons. The number of nitrogens with zero attached hydrogens (tertiary/aromatic N) is 3. The summed E-state index contributed by atoms with van der Waals surface area (Å²) < 4.78 is 6.66. The van der Waals surface area contributed by atoms with Gasteiger partial charge in [0.15, 0.2) is 11.5 Å². The summed E-state index contributed by atoms with van der Waals surface area (Å²) in [6.45, 7) is 5.38. The second kappa shape index (κ2) is 6.17. The topological polar surface area (TPSA) is 74.1 Å². The van der Waals surface area contributed by atoms with E-state index in [1.807, 2.05) is 20.2 Å². The maximum atomic E-state index is 11.9. The third-order valence-electron chi connectivity index (χ3n) is 2.89. The Labute approximate surface area is 126 Å². The van der Waals surface area contributed by atoms with Gasteiger partial charge < -0.3 is 4.74 Å². The summed E-state index contributed by atoms with van der Waals surface area (Å²) in [5.41, 5.74) is 1.83. The molecule has 0 saturated carbocycles. The molecule has 0 atom stereocenters. The van der Waals surface area contributed by atoms with Gasteiger partial charge in [-0.3, -0.25) is 9.48 Å². The molecular weight excluding hydrogens is 290 g/mol. The first-order valence-corrected chi connectivity index (χ1v) is 7.51. The van der Waals surface area contributed by atoms with Crippen molar-refractivity contribution < 1.29 is 14.3 Å². The van der Waals surface area contributed by atoms with Gasteiger partial charge in [0, 0.05) is 20.2 Å². The molecule has 112 valence electrons. The van der Waals surface area contributed by atoms with Crippen molar-refractivity contribution in [3.63, 3.8) is 0 Å². The first-order valence-electron chi connectivity index (χ1n) is 6.69. The van der Waals surface area contributed by atoms with Crippen LogP contribution in [0, 0.1) is 0 Å². The normalized spacial score (nSPS) is 10.7. The number of esters is 1. The van der Waals surface area contributed by atoms with Crippen LogP contribution in [-0.4, -0.2) is 33.1 Å². The third kappa shape index (κ3) is 3.02. The average Bonchev–Trinajstić information content (AvgIpc) is 3.02. The summed E-state index contributed by atoms with van der Waals surface area (Å²) in [6, 6.07) is 0. The Bertz CT molecular complexity index is 688. The highest BCUT2D eigenvalue weighted by molar-refractivity contribution is 7.17. The zero-order valence-electron chi connectivity index (χ0n) is 12.5. The molecule has 2 heterocycles. The van der Waals surface area contributed by atoms with Gasteiger partial charge in [0.05, 0.1) is 17.9 Å². The fourth-order valence-electron chi connectivity index (χ4n) is 1.99. The van der Waals surface area contributed by atoms with Crippen LogP contribution in [0.25, 0.3) is 10.6 Å². The van der Waals surface area contributed by atoms with E-state index in [1.165, 1.54) is 18.3 Å². The van der Waals surface area contributed by atoms with Crippen LogP contribution >= 0.6 is 11.3 Å². The number of ketones is 1. The van der Waals surface area contributed by atoms with Gasteiger partial charge >= 0.3 is 5.97 Å². The van der Waals surface area contributed by atoms with E-state index in [4.69, 9.17) is 4.74 Å². The van der Waals surface area contributed by atoms with Crippen LogP contribution in [0.1, 0.15) is 46.6 Å². The summed E-state index contributed by atoms with van der Waals surface area (Å²) in [5.74, 6) is -0.754. The molecule has 0 aromatic carbocycles. The fourth-order valence-corrected chi connectivity index (χ4v) is 2.97. The average molecular weight is 307 g/mol. The number of aryl methyl sites for hydroxylation is 2. The van der Waals surface area contributed by atoms with Crippen molar-refractivity contribution in [3.8, 4) is 10.6 Å². The molecule has 0 N–H and O–H groups in total. The van der Waals surface area contributed by atoms with Crippen LogP contribution < -0.4 is 0 Å². The maximum Gasteiger partial charge on any atom is 0.358 e. The lowest BCUT2D eigenvalue weighted by molar-refractivity contribution is 0.0517. The van der Waals surface area contributed by atoms with E-state index in [9.17, 15) is 9.59 Å². The minimum absolute atomic E-state index is 0.0928. The van der Waals surface area contributed by atoms with Crippen molar-refractivity contribution in [2.45, 2.75) is 27.2 Å². The minimum atomic E-state index is -0.563. The van der Waals surface area contributed by atoms with Crippen molar-refractivity contribution in [1.82, 2.24) is 14.8 Å². The maximum absolute atomic E-state index is 11.9. The molecule has 0 amide bonds. The Morgan fingerprint density at radius 1 is 1.38 bits per heavy atom. The fraction of sp³-hybridized carbons (Fsp3) is 0.429. The quantitative estimate of drug-likeness (QED) is 0.626. The van der Waals surface area contributed by atoms with E-state index in [2.05, 4.69) is 10.1 Å². The lowest BCUT2D eigenvalue weighted by Crippen LogP contribution is -2.09. The Kier molecular flexibility index (Phi) is 4.52. The molecule has 2 aromatic rings. The van der Waals surface area contributed by atoms with E-state index < -0.39 is 5.97 Å². The summed E-state index contributed by atoms with van der Waals surface area (Å²) in [7, 11) is 1.83. The highest BCUT2D eigenvalue weighted by Gasteiger charge is 2.24. The van der Waals surface area contributed by atoms with Crippen LogP contribution in [0.3, 0.4) is 0 Å². The molecule has 0 aliphatic rings. The van der Waals surface area contributed by atoms with Crippen molar-refractivity contribution in [1.29, 1.82) is 0 Å². The number of hydrogen-bond acceptors (Lipinski definition) is 6. The summed E-state index contributed by atoms with van der Waals surface area (Å²) >= 11 is 1.20. The largest absolute Gasteiger partial charge is 0.461 e. The summed E-state index contributed by atoms with van der Waals surface area (Å²) in [5, 5.41) is 4.97. The van der Waals surface area contributed by atoms with E-state index >= 15 is 0 Å². The van der Waals surface area contributed by atoms with Gasteiger partial charge in [-0.1, -0.05) is 6.92 Å². The highest BCUT2D eigenvalue weighted by Crippen LogP contribution is 2.31. The molecule has 0 bridgehead atoms. The van der Waals surface area contributed by atoms with Gasteiger partial charge in [-0.15, -0.1) is 11.3 Å². The van der Waals surface area contributed by atoms with Crippen LogP contribution in [0.2, 0.25) is 0 Å². The van der Waals surface area contributed by atoms with Crippen LogP contribution in [0.15, 0.2) is 6.20 Å². The second-order valence-corrected chi connectivity index (χ2v) is 5.49. The van der Waals surface area contributed by atoms with Gasteiger partial charge in [0.25, 0.3) is 0 Å².